The number of H-pyrrole nitrogens is 1. The number of aliphatic carboxylic acids is 1. The van der Waals surface area contributed by atoms with Crippen molar-refractivity contribution in [3.8, 4) is 0 Å². The van der Waals surface area contributed by atoms with E-state index >= 15 is 0 Å². The average molecular weight is 269 g/mol. The van der Waals surface area contributed by atoms with Gasteiger partial charge in [0.05, 0.1) is 0 Å². The highest BCUT2D eigenvalue weighted by Gasteiger charge is 2.43. The number of aromatic nitrogens is 2. The Morgan fingerprint density at radius 2 is 2.44 bits per heavy atom. The van der Waals surface area contributed by atoms with Gasteiger partial charge in [-0.3, -0.25) is 9.89 Å². The number of hydrogen-bond donors (Lipinski definition) is 3. The monoisotopic (exact) mass is 269 g/mol. The number of carbonyl (C=O) groups is 2. The van der Waals surface area contributed by atoms with Crippen molar-refractivity contribution in [1.29, 1.82) is 0 Å². The van der Waals surface area contributed by atoms with Gasteiger partial charge in [-0.25, -0.2) is 4.79 Å². The van der Waals surface area contributed by atoms with E-state index in [1.807, 2.05) is 6.92 Å². The minimum Gasteiger partial charge on any atom is -0.479 e. The predicted molar refractivity (Wildman–Crippen MR) is 67.7 cm³/mol. The zero-order valence-corrected chi connectivity index (χ0v) is 10.8. The Hall–Kier alpha value is -1.50. The van der Waals surface area contributed by atoms with E-state index in [1.54, 1.807) is 6.07 Å². The molecule has 1 aliphatic rings. The number of carboxylic acid groups (broad SMARTS) is 1. The molecule has 1 aromatic heterocycles. The summed E-state index contributed by atoms with van der Waals surface area (Å²) in [4.78, 5) is 23.3. The SMILES string of the molecule is CCc1cc(C(=O)NC2(C(=O)O)CCSC2)n[nH]1. The molecule has 7 heteroatoms. The maximum absolute atomic E-state index is 12.0. The molecule has 2 rings (SSSR count). The maximum Gasteiger partial charge on any atom is 0.330 e. The topological polar surface area (TPSA) is 95.1 Å². The number of hydrogen-bond acceptors (Lipinski definition) is 4. The van der Waals surface area contributed by atoms with Gasteiger partial charge in [-0.1, -0.05) is 6.92 Å². The highest BCUT2D eigenvalue weighted by molar-refractivity contribution is 7.99. The molecular weight excluding hydrogens is 254 g/mol. The molecule has 98 valence electrons. The lowest BCUT2D eigenvalue weighted by Gasteiger charge is -2.23. The van der Waals surface area contributed by atoms with Crippen molar-refractivity contribution in [3.05, 3.63) is 17.5 Å². The van der Waals surface area contributed by atoms with Crippen molar-refractivity contribution in [2.75, 3.05) is 11.5 Å². The number of carbonyl (C=O) groups excluding carboxylic acids is 1. The number of aromatic amines is 1. The molecule has 18 heavy (non-hydrogen) atoms. The molecule has 1 fully saturated rings. The molecule has 0 radical (unpaired) electrons. The molecule has 1 amide bonds. The lowest BCUT2D eigenvalue weighted by molar-refractivity contribution is -0.143. The smallest absolute Gasteiger partial charge is 0.330 e. The van der Waals surface area contributed by atoms with Crippen molar-refractivity contribution in [2.24, 2.45) is 0 Å². The molecule has 0 spiro atoms. The molecule has 0 aliphatic carbocycles. The van der Waals surface area contributed by atoms with Gasteiger partial charge in [-0.15, -0.1) is 0 Å². The molecule has 0 saturated carbocycles. The largest absolute Gasteiger partial charge is 0.479 e. The van der Waals surface area contributed by atoms with Crippen LogP contribution < -0.4 is 5.32 Å². The molecule has 1 aliphatic heterocycles. The van der Waals surface area contributed by atoms with Gasteiger partial charge < -0.3 is 10.4 Å². The van der Waals surface area contributed by atoms with Crippen LogP contribution in [-0.2, 0) is 11.2 Å². The summed E-state index contributed by atoms with van der Waals surface area (Å²) in [7, 11) is 0. The zero-order chi connectivity index (χ0) is 13.2. The number of nitrogens with zero attached hydrogens (tertiary/aromatic N) is 1. The van der Waals surface area contributed by atoms with E-state index in [9.17, 15) is 14.7 Å². The lowest BCUT2D eigenvalue weighted by atomic mass is 9.99. The predicted octanol–water partition coefficient (Wildman–Crippen LogP) is 0.662. The third kappa shape index (κ3) is 2.35. The Bertz CT molecular complexity index is 466. The second kappa shape index (κ2) is 5.01. The Balaban J connectivity index is 2.12. The van der Waals surface area contributed by atoms with Crippen LogP contribution in [-0.4, -0.2) is 44.2 Å². The first-order valence-corrected chi connectivity index (χ1v) is 6.91. The van der Waals surface area contributed by atoms with Crippen LogP contribution in [0.1, 0.15) is 29.5 Å². The minimum atomic E-state index is -1.15. The molecule has 1 saturated heterocycles. The van der Waals surface area contributed by atoms with Crippen LogP contribution >= 0.6 is 11.8 Å². The molecule has 1 atom stereocenters. The molecule has 0 bridgehead atoms. The number of amides is 1. The van der Waals surface area contributed by atoms with Crippen LogP contribution in [0.15, 0.2) is 6.07 Å². The summed E-state index contributed by atoms with van der Waals surface area (Å²) in [5, 5.41) is 18.5. The molecule has 1 unspecified atom stereocenters. The van der Waals surface area contributed by atoms with Crippen LogP contribution in [0.4, 0.5) is 0 Å². The number of nitrogens with one attached hydrogen (secondary N) is 2. The fraction of sp³-hybridized carbons (Fsp3) is 0.545. The second-order valence-corrected chi connectivity index (χ2v) is 5.38. The number of aryl methyl sites for hydroxylation is 1. The van der Waals surface area contributed by atoms with E-state index in [-0.39, 0.29) is 5.69 Å². The third-order valence-corrected chi connectivity index (χ3v) is 4.22. The van der Waals surface area contributed by atoms with Crippen molar-refractivity contribution in [3.63, 3.8) is 0 Å². The Morgan fingerprint density at radius 1 is 1.67 bits per heavy atom. The average Bonchev–Trinajstić information content (AvgIpc) is 2.97. The molecule has 3 N–H and O–H groups in total. The number of thioether (sulfide) groups is 1. The maximum atomic E-state index is 12.0. The lowest BCUT2D eigenvalue weighted by Crippen LogP contribution is -2.54. The first-order chi connectivity index (χ1) is 8.57. The van der Waals surface area contributed by atoms with Crippen molar-refractivity contribution < 1.29 is 14.7 Å². The van der Waals surface area contributed by atoms with Crippen LogP contribution in [0.5, 0.6) is 0 Å². The first-order valence-electron chi connectivity index (χ1n) is 5.75. The second-order valence-electron chi connectivity index (χ2n) is 4.28. The Morgan fingerprint density at radius 3 is 2.94 bits per heavy atom. The van der Waals surface area contributed by atoms with E-state index in [1.165, 1.54) is 11.8 Å². The standard InChI is InChI=1S/C11H15N3O3S/c1-2-7-5-8(14-13-7)9(15)12-11(10(16)17)3-4-18-6-11/h5H,2-4,6H2,1H3,(H,12,15)(H,13,14)(H,16,17). The molecule has 0 aromatic carbocycles. The normalized spacial score (nSPS) is 22.9. The fourth-order valence-corrected chi connectivity index (χ4v) is 3.15. The molecule has 2 heterocycles. The summed E-state index contributed by atoms with van der Waals surface area (Å²) in [5.41, 5.74) is -0.0534. The summed E-state index contributed by atoms with van der Waals surface area (Å²) in [6.45, 7) is 1.95. The molecule has 1 aromatic rings. The third-order valence-electron chi connectivity index (χ3n) is 3.03. The van der Waals surface area contributed by atoms with E-state index in [0.717, 1.165) is 17.9 Å². The zero-order valence-electron chi connectivity index (χ0n) is 10.0. The summed E-state index contributed by atoms with van der Waals surface area (Å²) in [5.74, 6) is -0.269. The Labute approximate surface area is 109 Å². The fourth-order valence-electron chi connectivity index (χ4n) is 1.83. The van der Waals surface area contributed by atoms with Gasteiger partial charge in [-0.2, -0.15) is 16.9 Å². The summed E-state index contributed by atoms with van der Waals surface area (Å²) < 4.78 is 0. The van der Waals surface area contributed by atoms with Gasteiger partial charge in [0.15, 0.2) is 0 Å². The van der Waals surface area contributed by atoms with Crippen LogP contribution in [0.25, 0.3) is 0 Å². The van der Waals surface area contributed by atoms with Gasteiger partial charge in [-0.05, 0) is 24.7 Å². The summed E-state index contributed by atoms with van der Waals surface area (Å²) in [6.07, 6.45) is 1.20. The highest BCUT2D eigenvalue weighted by Crippen LogP contribution is 2.28. The van der Waals surface area contributed by atoms with Crippen molar-refractivity contribution >= 4 is 23.6 Å². The van der Waals surface area contributed by atoms with E-state index in [4.69, 9.17) is 0 Å². The molecular formula is C11H15N3O3S. The van der Waals surface area contributed by atoms with Gasteiger partial charge in [0, 0.05) is 11.4 Å². The first kappa shape index (κ1) is 12.9. The van der Waals surface area contributed by atoms with E-state index in [0.29, 0.717) is 12.2 Å². The highest BCUT2D eigenvalue weighted by atomic mass is 32.2. The minimum absolute atomic E-state index is 0.240. The summed E-state index contributed by atoms with van der Waals surface area (Å²) >= 11 is 1.53. The van der Waals surface area contributed by atoms with Crippen LogP contribution in [0.2, 0.25) is 0 Å². The van der Waals surface area contributed by atoms with Crippen LogP contribution in [0, 0.1) is 0 Å². The van der Waals surface area contributed by atoms with Crippen LogP contribution in [0.3, 0.4) is 0 Å². The number of carboxylic acids is 1. The van der Waals surface area contributed by atoms with Crippen molar-refractivity contribution in [1.82, 2.24) is 15.5 Å². The van der Waals surface area contributed by atoms with Gasteiger partial charge >= 0.3 is 5.97 Å². The number of rotatable bonds is 4. The van der Waals surface area contributed by atoms with Gasteiger partial charge in [0.25, 0.3) is 5.91 Å². The van der Waals surface area contributed by atoms with Gasteiger partial charge in [0.2, 0.25) is 0 Å². The summed E-state index contributed by atoms with van der Waals surface area (Å²) in [6, 6.07) is 1.65. The van der Waals surface area contributed by atoms with E-state index in [2.05, 4.69) is 15.5 Å². The van der Waals surface area contributed by atoms with E-state index < -0.39 is 17.4 Å². The van der Waals surface area contributed by atoms with Gasteiger partial charge in [0.1, 0.15) is 11.2 Å². The van der Waals surface area contributed by atoms with Crippen molar-refractivity contribution in [2.45, 2.75) is 25.3 Å². The Kier molecular flexibility index (Phi) is 3.60. The molecule has 6 nitrogen and oxygen atoms in total. The quantitative estimate of drug-likeness (QED) is 0.746.